The van der Waals surface area contributed by atoms with Gasteiger partial charge in [0.2, 0.25) is 10.0 Å². The second-order valence-electron chi connectivity index (χ2n) is 4.54. The highest BCUT2D eigenvalue weighted by Crippen LogP contribution is 2.13. The van der Waals surface area contributed by atoms with Gasteiger partial charge in [-0.1, -0.05) is 24.8 Å². The minimum atomic E-state index is -3.50. The van der Waals surface area contributed by atoms with Crippen molar-refractivity contribution in [3.63, 3.8) is 0 Å². The summed E-state index contributed by atoms with van der Waals surface area (Å²) in [6, 6.07) is 6.50. The van der Waals surface area contributed by atoms with Crippen LogP contribution in [0.4, 0.5) is 0 Å². The molecule has 1 aromatic carbocycles. The van der Waals surface area contributed by atoms with E-state index in [1.54, 1.807) is 36.0 Å². The van der Waals surface area contributed by atoms with E-state index in [9.17, 15) is 8.42 Å². The van der Waals surface area contributed by atoms with Crippen LogP contribution >= 0.6 is 11.8 Å². The van der Waals surface area contributed by atoms with Crippen LogP contribution in [0.2, 0.25) is 0 Å². The molecule has 21 heavy (non-hydrogen) atoms. The molecule has 1 rings (SSSR count). The molecule has 0 bridgehead atoms. The van der Waals surface area contributed by atoms with Gasteiger partial charge in [-0.3, -0.25) is 0 Å². The van der Waals surface area contributed by atoms with E-state index in [0.717, 1.165) is 17.9 Å². The number of rotatable bonds is 7. The molecule has 4 nitrogen and oxygen atoms in total. The zero-order chi connectivity index (χ0) is 15.7. The van der Waals surface area contributed by atoms with Crippen LogP contribution in [0.15, 0.2) is 29.2 Å². The van der Waals surface area contributed by atoms with Gasteiger partial charge in [0.15, 0.2) is 0 Å². The maximum atomic E-state index is 12.3. The summed E-state index contributed by atoms with van der Waals surface area (Å²) in [7, 11) is -3.50. The van der Waals surface area contributed by atoms with Crippen LogP contribution in [0.25, 0.3) is 0 Å². The Labute approximate surface area is 131 Å². The van der Waals surface area contributed by atoms with Crippen LogP contribution in [-0.2, 0) is 10.0 Å². The third-order valence-electron chi connectivity index (χ3n) is 2.73. The average Bonchev–Trinajstić information content (AvgIpc) is 2.45. The topological polar surface area (TPSA) is 72.2 Å². The smallest absolute Gasteiger partial charge is 0.240 e. The lowest BCUT2D eigenvalue weighted by Gasteiger charge is -2.14. The summed E-state index contributed by atoms with van der Waals surface area (Å²) in [5.41, 5.74) is 5.97. The van der Waals surface area contributed by atoms with Gasteiger partial charge >= 0.3 is 0 Å². The van der Waals surface area contributed by atoms with E-state index in [2.05, 4.69) is 23.5 Å². The molecule has 3 N–H and O–H groups in total. The third kappa shape index (κ3) is 6.53. The Morgan fingerprint density at radius 2 is 2.19 bits per heavy atom. The molecule has 0 heterocycles. The van der Waals surface area contributed by atoms with Crippen LogP contribution < -0.4 is 10.5 Å². The maximum Gasteiger partial charge on any atom is 0.240 e. The van der Waals surface area contributed by atoms with E-state index in [-0.39, 0.29) is 17.5 Å². The van der Waals surface area contributed by atoms with Crippen molar-refractivity contribution in [1.82, 2.24) is 4.72 Å². The summed E-state index contributed by atoms with van der Waals surface area (Å²) in [5, 5.41) is 0. The van der Waals surface area contributed by atoms with Crippen molar-refractivity contribution in [3.05, 3.63) is 29.8 Å². The molecule has 1 unspecified atom stereocenters. The molecule has 1 atom stereocenters. The van der Waals surface area contributed by atoms with E-state index < -0.39 is 10.0 Å². The zero-order valence-corrected chi connectivity index (χ0v) is 14.1. The SMILES string of the molecule is CCSCCC(C)NS(=O)(=O)c1cccc(C#CCN)c1. The summed E-state index contributed by atoms with van der Waals surface area (Å²) >= 11 is 1.80. The van der Waals surface area contributed by atoms with Gasteiger partial charge in [0.1, 0.15) is 0 Å². The summed E-state index contributed by atoms with van der Waals surface area (Å²) in [6.45, 7) is 4.22. The van der Waals surface area contributed by atoms with Gasteiger partial charge in [-0.05, 0) is 43.0 Å². The number of nitrogens with two attached hydrogens (primary N) is 1. The molecule has 0 aromatic heterocycles. The molecule has 0 radical (unpaired) electrons. The Bertz CT molecular complexity index is 604. The van der Waals surface area contributed by atoms with Gasteiger partial charge in [-0.15, -0.1) is 0 Å². The first kappa shape index (κ1) is 18.1. The normalized spacial score (nSPS) is 12.5. The first-order valence-electron chi connectivity index (χ1n) is 6.88. The number of nitrogens with one attached hydrogen (secondary N) is 1. The lowest BCUT2D eigenvalue weighted by molar-refractivity contribution is 0.557. The van der Waals surface area contributed by atoms with Gasteiger partial charge < -0.3 is 5.73 Å². The van der Waals surface area contributed by atoms with Crippen molar-refractivity contribution in [1.29, 1.82) is 0 Å². The van der Waals surface area contributed by atoms with Crippen molar-refractivity contribution < 1.29 is 8.42 Å². The summed E-state index contributed by atoms with van der Waals surface area (Å²) in [5.74, 6) is 7.55. The average molecular weight is 326 g/mol. The fourth-order valence-electron chi connectivity index (χ4n) is 1.69. The molecule has 0 saturated heterocycles. The minimum absolute atomic E-state index is 0.0900. The Hall–Kier alpha value is -1.00. The first-order chi connectivity index (χ1) is 9.99. The lowest BCUT2D eigenvalue weighted by Crippen LogP contribution is -2.33. The highest BCUT2D eigenvalue weighted by atomic mass is 32.2. The Morgan fingerprint density at radius 1 is 1.43 bits per heavy atom. The molecule has 0 aliphatic rings. The van der Waals surface area contributed by atoms with Crippen molar-refractivity contribution in [2.75, 3.05) is 18.1 Å². The van der Waals surface area contributed by atoms with Crippen molar-refractivity contribution >= 4 is 21.8 Å². The van der Waals surface area contributed by atoms with Crippen LogP contribution in [0.3, 0.4) is 0 Å². The van der Waals surface area contributed by atoms with Gasteiger partial charge in [0, 0.05) is 11.6 Å². The van der Waals surface area contributed by atoms with Gasteiger partial charge in [-0.2, -0.15) is 11.8 Å². The number of thioether (sulfide) groups is 1. The predicted octanol–water partition coefficient (Wildman–Crippen LogP) is 1.81. The molecule has 0 spiro atoms. The largest absolute Gasteiger partial charge is 0.320 e. The molecule has 0 aliphatic carbocycles. The van der Waals surface area contributed by atoms with E-state index in [4.69, 9.17) is 5.73 Å². The van der Waals surface area contributed by atoms with E-state index in [1.165, 1.54) is 0 Å². The van der Waals surface area contributed by atoms with Crippen LogP contribution in [0, 0.1) is 11.8 Å². The Morgan fingerprint density at radius 3 is 2.86 bits per heavy atom. The highest BCUT2D eigenvalue weighted by Gasteiger charge is 2.17. The van der Waals surface area contributed by atoms with E-state index in [0.29, 0.717) is 5.56 Å². The quantitative estimate of drug-likeness (QED) is 0.592. The van der Waals surface area contributed by atoms with Crippen LogP contribution in [0.5, 0.6) is 0 Å². The fourth-order valence-corrected chi connectivity index (χ4v) is 3.82. The van der Waals surface area contributed by atoms with Gasteiger partial charge in [-0.25, -0.2) is 13.1 Å². The van der Waals surface area contributed by atoms with Crippen molar-refractivity contribution in [2.45, 2.75) is 31.2 Å². The number of hydrogen-bond acceptors (Lipinski definition) is 4. The molecular formula is C15H22N2O2S2. The van der Waals surface area contributed by atoms with E-state index in [1.807, 2.05) is 6.92 Å². The zero-order valence-electron chi connectivity index (χ0n) is 12.4. The minimum Gasteiger partial charge on any atom is -0.320 e. The van der Waals surface area contributed by atoms with Crippen molar-refractivity contribution in [3.8, 4) is 11.8 Å². The maximum absolute atomic E-state index is 12.3. The molecule has 0 amide bonds. The van der Waals surface area contributed by atoms with Crippen LogP contribution in [0.1, 0.15) is 25.8 Å². The lowest BCUT2D eigenvalue weighted by atomic mass is 10.2. The summed E-state index contributed by atoms with van der Waals surface area (Å²) < 4.78 is 27.3. The van der Waals surface area contributed by atoms with Gasteiger partial charge in [0.05, 0.1) is 11.4 Å². The summed E-state index contributed by atoms with van der Waals surface area (Å²) in [4.78, 5) is 0.237. The van der Waals surface area contributed by atoms with E-state index >= 15 is 0 Å². The Balaban J connectivity index is 2.78. The Kier molecular flexibility index (Phi) is 7.83. The molecule has 6 heteroatoms. The fraction of sp³-hybridized carbons (Fsp3) is 0.467. The molecule has 0 aliphatic heterocycles. The van der Waals surface area contributed by atoms with Gasteiger partial charge in [0.25, 0.3) is 0 Å². The monoisotopic (exact) mass is 326 g/mol. The number of sulfonamides is 1. The molecule has 116 valence electrons. The standard InChI is InChI=1S/C15H22N2O2S2/c1-3-20-11-9-13(2)17-21(18,19)15-8-4-6-14(12-15)7-5-10-16/h4,6,8,12-13,17H,3,9-11,16H2,1-2H3. The summed E-state index contributed by atoms with van der Waals surface area (Å²) in [6.07, 6.45) is 0.810. The van der Waals surface area contributed by atoms with Crippen molar-refractivity contribution in [2.24, 2.45) is 5.73 Å². The molecule has 1 aromatic rings. The second-order valence-corrected chi connectivity index (χ2v) is 7.65. The second kappa shape index (κ2) is 9.11. The predicted molar refractivity (Wildman–Crippen MR) is 89.8 cm³/mol. The first-order valence-corrected chi connectivity index (χ1v) is 9.52. The highest BCUT2D eigenvalue weighted by molar-refractivity contribution is 7.99. The van der Waals surface area contributed by atoms with Crippen LogP contribution in [-0.4, -0.2) is 32.5 Å². The third-order valence-corrected chi connectivity index (χ3v) is 5.25. The molecule has 0 saturated carbocycles. The number of hydrogen-bond donors (Lipinski definition) is 2. The molecular weight excluding hydrogens is 304 g/mol. The number of benzene rings is 1. The molecule has 0 fully saturated rings.